The quantitative estimate of drug-likeness (QED) is 0.592. The van der Waals surface area contributed by atoms with Gasteiger partial charge in [-0.1, -0.05) is 31.3 Å². The van der Waals surface area contributed by atoms with Crippen molar-refractivity contribution in [2.45, 2.75) is 32.0 Å². The van der Waals surface area contributed by atoms with Crippen LogP contribution in [-0.4, -0.2) is 8.07 Å². The van der Waals surface area contributed by atoms with Gasteiger partial charge in [-0.15, -0.1) is 0 Å². The lowest BCUT2D eigenvalue weighted by Gasteiger charge is -2.16. The summed E-state index contributed by atoms with van der Waals surface area (Å²) in [5.74, 6) is 0.694. The minimum absolute atomic E-state index is 0.694. The van der Waals surface area contributed by atoms with E-state index >= 15 is 0 Å². The van der Waals surface area contributed by atoms with Crippen LogP contribution in [0.15, 0.2) is 18.2 Å². The second-order valence-corrected chi connectivity index (χ2v) is 9.62. The maximum Gasteiger partial charge on any atom is 0.0991 e. The first-order chi connectivity index (χ1) is 6.54. The Morgan fingerprint density at radius 3 is 2.79 bits per heavy atom. The second-order valence-electron chi connectivity index (χ2n) is 4.90. The first kappa shape index (κ1) is 9.48. The smallest absolute Gasteiger partial charge is 0.0991 e. The van der Waals surface area contributed by atoms with Crippen molar-refractivity contribution in [3.63, 3.8) is 0 Å². The molecule has 0 N–H and O–H groups in total. The molecule has 0 aliphatic carbocycles. The molecule has 1 aromatic carbocycles. The lowest BCUT2D eigenvalue weighted by atomic mass is 10.0. The van der Waals surface area contributed by atoms with E-state index in [1.54, 1.807) is 0 Å². The first-order valence-corrected chi connectivity index (χ1v) is 8.30. The van der Waals surface area contributed by atoms with Crippen LogP contribution in [0.25, 0.3) is 0 Å². The van der Waals surface area contributed by atoms with Crippen molar-refractivity contribution in [1.82, 2.24) is 0 Å². The van der Waals surface area contributed by atoms with Crippen molar-refractivity contribution in [2.24, 2.45) is 0 Å². The predicted molar refractivity (Wildman–Crippen MR) is 61.5 cm³/mol. The Balaban J connectivity index is 2.60. The standard InChI is InChI=1S/C12H15NSi/c1-9-8-14(2,3)12-6-10(7-13)4-5-11(9)12/h4-6,9H,8H2,1-3H3/t9-/m0/s1. The van der Waals surface area contributed by atoms with Gasteiger partial charge in [-0.3, -0.25) is 0 Å². The van der Waals surface area contributed by atoms with E-state index < -0.39 is 8.07 Å². The summed E-state index contributed by atoms with van der Waals surface area (Å²) < 4.78 is 0. The Bertz CT molecular complexity index is 415. The molecule has 0 amide bonds. The molecule has 1 atom stereocenters. The molecule has 1 heterocycles. The minimum atomic E-state index is -1.22. The van der Waals surface area contributed by atoms with Crippen LogP contribution in [0.1, 0.15) is 24.0 Å². The number of nitrogens with zero attached hydrogens (tertiary/aromatic N) is 1. The van der Waals surface area contributed by atoms with Crippen LogP contribution in [0.4, 0.5) is 0 Å². The minimum Gasteiger partial charge on any atom is -0.192 e. The fraction of sp³-hybridized carbons (Fsp3) is 0.417. The number of rotatable bonds is 0. The van der Waals surface area contributed by atoms with Crippen molar-refractivity contribution in [3.05, 3.63) is 29.3 Å². The molecule has 2 rings (SSSR count). The third kappa shape index (κ3) is 1.29. The summed E-state index contributed by atoms with van der Waals surface area (Å²) in [6, 6.07) is 9.78. The summed E-state index contributed by atoms with van der Waals surface area (Å²) in [5.41, 5.74) is 2.30. The van der Waals surface area contributed by atoms with Gasteiger partial charge < -0.3 is 0 Å². The molecule has 72 valence electrons. The third-order valence-corrected chi connectivity index (χ3v) is 6.78. The van der Waals surface area contributed by atoms with E-state index in [1.807, 2.05) is 6.07 Å². The molecule has 0 saturated carbocycles. The van der Waals surface area contributed by atoms with E-state index in [4.69, 9.17) is 5.26 Å². The number of nitriles is 1. The van der Waals surface area contributed by atoms with Crippen LogP contribution in [0.5, 0.6) is 0 Å². The lowest BCUT2D eigenvalue weighted by molar-refractivity contribution is 0.878. The van der Waals surface area contributed by atoms with Crippen molar-refractivity contribution < 1.29 is 0 Å². The first-order valence-electron chi connectivity index (χ1n) is 5.09. The van der Waals surface area contributed by atoms with E-state index in [2.05, 4.69) is 38.2 Å². The molecule has 0 bridgehead atoms. The summed E-state index contributed by atoms with van der Waals surface area (Å²) in [5, 5.41) is 10.4. The zero-order chi connectivity index (χ0) is 10.3. The highest BCUT2D eigenvalue weighted by Gasteiger charge is 2.36. The normalized spacial score (nSPS) is 22.9. The van der Waals surface area contributed by atoms with Gasteiger partial charge in [0.25, 0.3) is 0 Å². The second kappa shape index (κ2) is 2.96. The summed E-state index contributed by atoms with van der Waals surface area (Å²) in [7, 11) is -1.22. The summed E-state index contributed by atoms with van der Waals surface area (Å²) >= 11 is 0. The Morgan fingerprint density at radius 2 is 2.14 bits per heavy atom. The van der Waals surface area contributed by atoms with E-state index in [0.717, 1.165) is 5.56 Å². The monoisotopic (exact) mass is 201 g/mol. The van der Waals surface area contributed by atoms with Crippen LogP contribution < -0.4 is 5.19 Å². The highest BCUT2D eigenvalue weighted by atomic mass is 28.3. The van der Waals surface area contributed by atoms with E-state index in [0.29, 0.717) is 5.92 Å². The molecule has 1 aliphatic rings. The van der Waals surface area contributed by atoms with Gasteiger partial charge in [0.15, 0.2) is 0 Å². The average molecular weight is 201 g/mol. The Kier molecular flexibility index (Phi) is 2.01. The van der Waals surface area contributed by atoms with Gasteiger partial charge in [0, 0.05) is 0 Å². The molecule has 1 aromatic rings. The summed E-state index contributed by atoms with van der Waals surface area (Å²) in [4.78, 5) is 0. The largest absolute Gasteiger partial charge is 0.192 e. The van der Waals surface area contributed by atoms with Crippen LogP contribution >= 0.6 is 0 Å². The van der Waals surface area contributed by atoms with Gasteiger partial charge in [-0.05, 0) is 29.7 Å². The van der Waals surface area contributed by atoms with Gasteiger partial charge in [-0.2, -0.15) is 5.26 Å². The molecule has 1 nitrogen and oxygen atoms in total. The lowest BCUT2D eigenvalue weighted by Crippen LogP contribution is -2.37. The van der Waals surface area contributed by atoms with E-state index in [-0.39, 0.29) is 0 Å². The van der Waals surface area contributed by atoms with Crippen LogP contribution in [0.2, 0.25) is 19.1 Å². The van der Waals surface area contributed by atoms with E-state index in [9.17, 15) is 0 Å². The molecule has 0 saturated heterocycles. The Hall–Kier alpha value is -1.07. The number of hydrogen-bond donors (Lipinski definition) is 0. The molecule has 0 unspecified atom stereocenters. The number of fused-ring (bicyclic) bond motifs is 1. The molecule has 0 spiro atoms. The Morgan fingerprint density at radius 1 is 1.43 bits per heavy atom. The number of hydrogen-bond acceptors (Lipinski definition) is 1. The fourth-order valence-corrected chi connectivity index (χ4v) is 6.26. The molecule has 0 aromatic heterocycles. The fourth-order valence-electron chi connectivity index (χ4n) is 2.63. The SMILES string of the molecule is C[C@H]1C[Si](C)(C)c2cc(C#N)ccc21. The Labute approximate surface area is 86.4 Å². The highest BCUT2D eigenvalue weighted by Crippen LogP contribution is 2.33. The van der Waals surface area contributed by atoms with Gasteiger partial charge in [-0.25, -0.2) is 0 Å². The van der Waals surface area contributed by atoms with Gasteiger partial charge in [0.2, 0.25) is 0 Å². The number of benzene rings is 1. The van der Waals surface area contributed by atoms with Crippen LogP contribution in [0.3, 0.4) is 0 Å². The van der Waals surface area contributed by atoms with E-state index in [1.165, 1.54) is 16.8 Å². The van der Waals surface area contributed by atoms with Crippen molar-refractivity contribution in [1.29, 1.82) is 5.26 Å². The molecule has 0 radical (unpaired) electrons. The van der Waals surface area contributed by atoms with Crippen molar-refractivity contribution >= 4 is 13.3 Å². The van der Waals surface area contributed by atoms with Crippen LogP contribution in [0, 0.1) is 11.3 Å². The molecule has 2 heteroatoms. The van der Waals surface area contributed by atoms with Crippen LogP contribution in [-0.2, 0) is 0 Å². The van der Waals surface area contributed by atoms with Crippen molar-refractivity contribution in [3.8, 4) is 6.07 Å². The topological polar surface area (TPSA) is 23.8 Å². The van der Waals surface area contributed by atoms with Crippen molar-refractivity contribution in [2.75, 3.05) is 0 Å². The maximum atomic E-state index is 8.87. The highest BCUT2D eigenvalue weighted by molar-refractivity contribution is 6.91. The third-order valence-electron chi connectivity index (χ3n) is 3.26. The summed E-state index contributed by atoms with van der Waals surface area (Å²) in [6.07, 6.45) is 0. The maximum absolute atomic E-state index is 8.87. The zero-order valence-corrected chi connectivity index (χ0v) is 9.96. The predicted octanol–water partition coefficient (Wildman–Crippen LogP) is 2.59. The molecule has 0 fully saturated rings. The summed E-state index contributed by atoms with van der Waals surface area (Å²) in [6.45, 7) is 7.10. The van der Waals surface area contributed by atoms with Gasteiger partial charge in [0.05, 0.1) is 19.7 Å². The molecule has 14 heavy (non-hydrogen) atoms. The molecular formula is C12H15NSi. The molecular weight excluding hydrogens is 186 g/mol. The molecule has 1 aliphatic heterocycles. The van der Waals surface area contributed by atoms with Gasteiger partial charge >= 0.3 is 0 Å². The zero-order valence-electron chi connectivity index (χ0n) is 8.96. The van der Waals surface area contributed by atoms with Gasteiger partial charge in [0.1, 0.15) is 0 Å². The average Bonchev–Trinajstić information content (AvgIpc) is 2.37.